The van der Waals surface area contributed by atoms with Crippen LogP contribution in [-0.4, -0.2) is 74.9 Å². The first-order valence-electron chi connectivity index (χ1n) is 15.3. The number of hydrogen-bond donors (Lipinski definition) is 6. The van der Waals surface area contributed by atoms with Gasteiger partial charge in [-0.05, 0) is 54.8 Å². The molecule has 0 aromatic carbocycles. The summed E-state index contributed by atoms with van der Waals surface area (Å²) in [5, 5.41) is 29.8. The van der Waals surface area contributed by atoms with Crippen LogP contribution < -0.4 is 21.7 Å². The SMILES string of the molecule is CC1(NC(=O)N[C@H](C(=O)N2C[C@H]3[C@@H]([C@H]2C(=O)N[C@@H](CC2CCC2)C(O)(O)C(N)=O)C3(C)C)C(C)(C)C)CCCCC1. The zero-order valence-corrected chi connectivity index (χ0v) is 25.6. The molecule has 4 rings (SSSR count). The molecule has 3 aliphatic carbocycles. The van der Waals surface area contributed by atoms with E-state index < -0.39 is 47.2 Å². The third-order valence-electron chi connectivity index (χ3n) is 10.5. The van der Waals surface area contributed by atoms with E-state index in [0.29, 0.717) is 6.54 Å². The summed E-state index contributed by atoms with van der Waals surface area (Å²) < 4.78 is 0. The maximum atomic E-state index is 14.1. The van der Waals surface area contributed by atoms with Crippen molar-refractivity contribution in [2.24, 2.45) is 34.3 Å². The molecule has 11 nitrogen and oxygen atoms in total. The smallest absolute Gasteiger partial charge is 0.315 e. The van der Waals surface area contributed by atoms with Crippen LogP contribution in [-0.2, 0) is 14.4 Å². The highest BCUT2D eigenvalue weighted by Gasteiger charge is 2.70. The number of carbonyl (C=O) groups excluding carboxylic acids is 4. The number of likely N-dealkylation sites (tertiary alicyclic amines) is 1. The number of aliphatic hydroxyl groups is 2. The lowest BCUT2D eigenvalue weighted by Gasteiger charge is -2.40. The van der Waals surface area contributed by atoms with Crippen LogP contribution >= 0.6 is 0 Å². The summed E-state index contributed by atoms with van der Waals surface area (Å²) in [7, 11) is 0. The van der Waals surface area contributed by atoms with Crippen molar-refractivity contribution in [1.29, 1.82) is 0 Å². The van der Waals surface area contributed by atoms with Crippen LogP contribution in [0.4, 0.5) is 4.79 Å². The van der Waals surface area contributed by atoms with Crippen LogP contribution in [0.1, 0.15) is 99.3 Å². The number of nitrogens with one attached hydrogen (secondary N) is 3. The van der Waals surface area contributed by atoms with Crippen molar-refractivity contribution in [3.8, 4) is 0 Å². The second-order valence-corrected chi connectivity index (χ2v) is 15.1. The number of primary amides is 1. The lowest BCUT2D eigenvalue weighted by atomic mass is 9.79. The summed E-state index contributed by atoms with van der Waals surface area (Å²) in [6.07, 6.45) is 7.93. The fourth-order valence-electron chi connectivity index (χ4n) is 7.34. The fourth-order valence-corrected chi connectivity index (χ4v) is 7.34. The number of hydrogen-bond acceptors (Lipinski definition) is 6. The van der Waals surface area contributed by atoms with Gasteiger partial charge in [-0.25, -0.2) is 4.79 Å². The first-order chi connectivity index (χ1) is 18.9. The van der Waals surface area contributed by atoms with Crippen molar-refractivity contribution in [1.82, 2.24) is 20.9 Å². The van der Waals surface area contributed by atoms with Gasteiger partial charge < -0.3 is 36.8 Å². The predicted molar refractivity (Wildman–Crippen MR) is 153 cm³/mol. The molecule has 41 heavy (non-hydrogen) atoms. The summed E-state index contributed by atoms with van der Waals surface area (Å²) in [5.41, 5.74) is 4.15. The zero-order chi connectivity index (χ0) is 30.5. The summed E-state index contributed by atoms with van der Waals surface area (Å²) in [5.74, 6) is -5.04. The van der Waals surface area contributed by atoms with Crippen LogP contribution in [0.3, 0.4) is 0 Å². The number of carbonyl (C=O) groups is 4. The summed E-state index contributed by atoms with van der Waals surface area (Å²) >= 11 is 0. The molecule has 0 spiro atoms. The Morgan fingerprint density at radius 3 is 2.10 bits per heavy atom. The van der Waals surface area contributed by atoms with Gasteiger partial charge in [0.25, 0.3) is 11.7 Å². The molecule has 7 N–H and O–H groups in total. The fraction of sp³-hybridized carbons (Fsp3) is 0.867. The van der Waals surface area contributed by atoms with E-state index in [1.54, 1.807) is 0 Å². The minimum atomic E-state index is -2.92. The first-order valence-corrected chi connectivity index (χ1v) is 15.3. The normalized spacial score (nSPS) is 28.5. The third kappa shape index (κ3) is 6.35. The first kappa shape index (κ1) is 31.5. The number of rotatable bonds is 9. The highest BCUT2D eigenvalue weighted by atomic mass is 16.5. The Kier molecular flexibility index (Phi) is 8.48. The predicted octanol–water partition coefficient (Wildman–Crippen LogP) is 1.75. The van der Waals surface area contributed by atoms with E-state index in [9.17, 15) is 29.4 Å². The van der Waals surface area contributed by atoms with E-state index in [-0.39, 0.29) is 41.0 Å². The van der Waals surface area contributed by atoms with Gasteiger partial charge in [0, 0.05) is 12.1 Å². The topological polar surface area (TPSA) is 174 Å². The van der Waals surface area contributed by atoms with Crippen LogP contribution in [0, 0.1) is 28.6 Å². The molecule has 0 bridgehead atoms. The van der Waals surface area contributed by atoms with Gasteiger partial charge in [-0.3, -0.25) is 14.4 Å². The second kappa shape index (κ2) is 11.0. The molecule has 232 valence electrons. The molecule has 4 aliphatic rings. The molecule has 0 unspecified atom stereocenters. The molecular weight excluding hydrogens is 526 g/mol. The van der Waals surface area contributed by atoms with Crippen molar-refractivity contribution in [3.63, 3.8) is 0 Å². The minimum absolute atomic E-state index is 0.0898. The summed E-state index contributed by atoms with van der Waals surface area (Å²) in [4.78, 5) is 54.7. The number of urea groups is 1. The Labute approximate surface area is 243 Å². The third-order valence-corrected chi connectivity index (χ3v) is 10.5. The van der Waals surface area contributed by atoms with Gasteiger partial charge in [-0.2, -0.15) is 0 Å². The largest absolute Gasteiger partial charge is 0.365 e. The number of nitrogens with two attached hydrogens (primary N) is 1. The van der Waals surface area contributed by atoms with Crippen LogP contribution in [0.5, 0.6) is 0 Å². The van der Waals surface area contributed by atoms with Gasteiger partial charge in [-0.1, -0.05) is 73.1 Å². The molecule has 0 aromatic heterocycles. The Balaban J connectivity index is 1.54. The molecule has 1 heterocycles. The molecule has 0 aromatic rings. The lowest BCUT2D eigenvalue weighted by molar-refractivity contribution is -0.196. The van der Waals surface area contributed by atoms with Crippen LogP contribution in [0.15, 0.2) is 0 Å². The second-order valence-electron chi connectivity index (χ2n) is 15.1. The molecule has 5 atom stereocenters. The standard InChI is InChI=1S/C30H51N5O6/c1-27(2,3)22(33-26(39)34-29(6)13-8-7-9-14-29)24(37)35-16-18-20(28(18,4)5)21(35)23(36)32-19(15-17-11-10-12-17)30(40,41)25(31)38/h17-22,40-41H,7-16H2,1-6H3,(H2,31,38)(H,32,36)(H2,33,34,39)/t18-,19-,20-,21-,22+/m0/s1. The molecule has 0 radical (unpaired) electrons. The minimum Gasteiger partial charge on any atom is -0.365 e. The van der Waals surface area contributed by atoms with Gasteiger partial charge in [0.1, 0.15) is 12.1 Å². The van der Waals surface area contributed by atoms with Crippen molar-refractivity contribution in [2.75, 3.05) is 6.54 Å². The molecule has 11 heteroatoms. The monoisotopic (exact) mass is 577 g/mol. The maximum absolute atomic E-state index is 14.1. The van der Waals surface area contributed by atoms with E-state index in [0.717, 1.165) is 51.4 Å². The lowest BCUT2D eigenvalue weighted by Crippen LogP contribution is -2.65. The van der Waals surface area contributed by atoms with Crippen molar-refractivity contribution in [2.45, 2.75) is 129 Å². The van der Waals surface area contributed by atoms with Gasteiger partial charge in [0.15, 0.2) is 0 Å². The van der Waals surface area contributed by atoms with Gasteiger partial charge in [0.2, 0.25) is 11.8 Å². The van der Waals surface area contributed by atoms with Gasteiger partial charge in [0.05, 0.1) is 6.04 Å². The average molecular weight is 578 g/mol. The van der Waals surface area contributed by atoms with Crippen LogP contribution in [0.2, 0.25) is 0 Å². The van der Waals surface area contributed by atoms with Crippen molar-refractivity contribution in [3.05, 3.63) is 0 Å². The molecule has 5 amide bonds. The molecule has 4 fully saturated rings. The number of piperidine rings is 1. The summed E-state index contributed by atoms with van der Waals surface area (Å²) in [6.45, 7) is 12.1. The highest BCUT2D eigenvalue weighted by Crippen LogP contribution is 2.65. The quantitative estimate of drug-likeness (QED) is 0.228. The number of fused-ring (bicyclic) bond motifs is 1. The molecular formula is C30H51N5O6. The number of nitrogens with zero attached hydrogens (tertiary/aromatic N) is 1. The number of amides is 5. The molecule has 1 aliphatic heterocycles. The van der Waals surface area contributed by atoms with Gasteiger partial charge >= 0.3 is 6.03 Å². The Morgan fingerprint density at radius 2 is 1.59 bits per heavy atom. The zero-order valence-electron chi connectivity index (χ0n) is 25.6. The van der Waals surface area contributed by atoms with E-state index >= 15 is 0 Å². The maximum Gasteiger partial charge on any atom is 0.315 e. The Bertz CT molecular complexity index is 1040. The van der Waals surface area contributed by atoms with E-state index in [4.69, 9.17) is 5.73 Å². The van der Waals surface area contributed by atoms with Crippen molar-refractivity contribution < 1.29 is 29.4 Å². The Hall–Kier alpha value is -2.40. The van der Waals surface area contributed by atoms with E-state index in [1.807, 2.05) is 27.7 Å². The van der Waals surface area contributed by atoms with E-state index in [1.165, 1.54) is 4.90 Å². The summed E-state index contributed by atoms with van der Waals surface area (Å²) in [6, 6.07) is -3.47. The van der Waals surface area contributed by atoms with Gasteiger partial charge in [-0.15, -0.1) is 0 Å². The average Bonchev–Trinajstić information content (AvgIpc) is 3.15. The molecule has 1 saturated heterocycles. The van der Waals surface area contributed by atoms with Crippen molar-refractivity contribution >= 4 is 23.8 Å². The molecule has 3 saturated carbocycles. The van der Waals surface area contributed by atoms with Crippen LogP contribution in [0.25, 0.3) is 0 Å². The van der Waals surface area contributed by atoms with E-state index in [2.05, 4.69) is 29.8 Å². The Morgan fingerprint density at radius 1 is 0.976 bits per heavy atom. The highest BCUT2D eigenvalue weighted by molar-refractivity contribution is 5.94.